The normalized spacial score (nSPS) is 22.9. The summed E-state index contributed by atoms with van der Waals surface area (Å²) in [6, 6.07) is 8.03. The van der Waals surface area contributed by atoms with Gasteiger partial charge in [0.05, 0.1) is 11.8 Å². The van der Waals surface area contributed by atoms with Crippen LogP contribution < -0.4 is 5.32 Å². The zero-order valence-electron chi connectivity index (χ0n) is 13.9. The number of piperazine rings is 1. The third-order valence-electron chi connectivity index (χ3n) is 4.81. The van der Waals surface area contributed by atoms with Crippen molar-refractivity contribution >= 4 is 18.2 Å². The summed E-state index contributed by atoms with van der Waals surface area (Å²) in [5.74, 6) is -0.380. The van der Waals surface area contributed by atoms with E-state index in [2.05, 4.69) is 5.32 Å². The van der Waals surface area contributed by atoms with Crippen molar-refractivity contribution in [1.82, 2.24) is 15.1 Å². The van der Waals surface area contributed by atoms with Gasteiger partial charge in [0.2, 0.25) is 18.2 Å². The Morgan fingerprint density at radius 2 is 1.79 bits per heavy atom. The van der Waals surface area contributed by atoms with Crippen LogP contribution in [0.1, 0.15) is 17.5 Å². The monoisotopic (exact) mass is 329 g/mol. The molecule has 1 aromatic rings. The molecule has 1 saturated heterocycles. The lowest BCUT2D eigenvalue weighted by Gasteiger charge is -2.32. The van der Waals surface area contributed by atoms with Crippen LogP contribution in [0.25, 0.3) is 0 Å². The minimum absolute atomic E-state index is 0.0412. The van der Waals surface area contributed by atoms with Crippen molar-refractivity contribution in [2.75, 3.05) is 26.2 Å². The average Bonchev–Trinajstić information content (AvgIpc) is 3.41. The number of carbonyl (C=O) groups is 3. The van der Waals surface area contributed by atoms with Crippen molar-refractivity contribution in [1.29, 1.82) is 0 Å². The van der Waals surface area contributed by atoms with Crippen molar-refractivity contribution in [2.45, 2.75) is 19.9 Å². The molecule has 2 unspecified atom stereocenters. The van der Waals surface area contributed by atoms with Crippen molar-refractivity contribution in [3.05, 3.63) is 35.4 Å². The molecule has 2 atom stereocenters. The fraction of sp³-hybridized carbons (Fsp3) is 0.500. The van der Waals surface area contributed by atoms with Crippen molar-refractivity contribution in [3.8, 4) is 0 Å². The molecule has 128 valence electrons. The third-order valence-corrected chi connectivity index (χ3v) is 4.81. The van der Waals surface area contributed by atoms with Gasteiger partial charge in [0.1, 0.15) is 0 Å². The first kappa shape index (κ1) is 16.5. The first-order valence-electron chi connectivity index (χ1n) is 8.40. The van der Waals surface area contributed by atoms with Gasteiger partial charge < -0.3 is 15.1 Å². The molecule has 2 fully saturated rings. The molecule has 1 aromatic carbocycles. The SMILES string of the molecule is Cc1ccc(CNC(=O)C2CC2C(=O)N2CCN(C=O)CC2)cc1. The van der Waals surface area contributed by atoms with E-state index >= 15 is 0 Å². The number of rotatable bonds is 5. The maximum Gasteiger partial charge on any atom is 0.226 e. The second-order valence-corrected chi connectivity index (χ2v) is 6.62. The third kappa shape index (κ3) is 3.75. The van der Waals surface area contributed by atoms with Gasteiger partial charge in [-0.2, -0.15) is 0 Å². The number of aryl methyl sites for hydroxylation is 1. The van der Waals surface area contributed by atoms with E-state index in [4.69, 9.17) is 0 Å². The first-order chi connectivity index (χ1) is 11.6. The maximum absolute atomic E-state index is 12.4. The standard InChI is InChI=1S/C18H23N3O3/c1-13-2-4-14(5-3-13)11-19-17(23)15-10-16(15)18(24)21-8-6-20(12-22)7-9-21/h2-5,12,15-16H,6-11H2,1H3,(H,19,23). The largest absolute Gasteiger partial charge is 0.352 e. The maximum atomic E-state index is 12.4. The second-order valence-electron chi connectivity index (χ2n) is 6.62. The Bertz CT molecular complexity index is 621. The quantitative estimate of drug-likeness (QED) is 0.802. The summed E-state index contributed by atoms with van der Waals surface area (Å²) in [5, 5.41) is 2.92. The van der Waals surface area contributed by atoms with Gasteiger partial charge in [-0.25, -0.2) is 0 Å². The van der Waals surface area contributed by atoms with E-state index in [1.807, 2.05) is 31.2 Å². The Balaban J connectivity index is 1.44. The van der Waals surface area contributed by atoms with Crippen LogP contribution in [-0.2, 0) is 20.9 Å². The molecule has 0 bridgehead atoms. The first-order valence-corrected chi connectivity index (χ1v) is 8.40. The van der Waals surface area contributed by atoms with E-state index in [9.17, 15) is 14.4 Å². The van der Waals surface area contributed by atoms with E-state index in [1.165, 1.54) is 5.56 Å². The molecular formula is C18H23N3O3. The van der Waals surface area contributed by atoms with Crippen LogP contribution in [0.3, 0.4) is 0 Å². The molecule has 2 aliphatic rings. The smallest absolute Gasteiger partial charge is 0.226 e. The molecule has 24 heavy (non-hydrogen) atoms. The van der Waals surface area contributed by atoms with Gasteiger partial charge in [-0.3, -0.25) is 14.4 Å². The van der Waals surface area contributed by atoms with Gasteiger partial charge >= 0.3 is 0 Å². The number of nitrogens with one attached hydrogen (secondary N) is 1. The predicted octanol–water partition coefficient (Wildman–Crippen LogP) is 0.548. The van der Waals surface area contributed by atoms with Gasteiger partial charge in [0.25, 0.3) is 0 Å². The molecule has 6 nitrogen and oxygen atoms in total. The summed E-state index contributed by atoms with van der Waals surface area (Å²) in [5.41, 5.74) is 2.25. The van der Waals surface area contributed by atoms with E-state index in [0.29, 0.717) is 39.1 Å². The molecule has 1 saturated carbocycles. The zero-order valence-corrected chi connectivity index (χ0v) is 13.9. The second kappa shape index (κ2) is 7.03. The van der Waals surface area contributed by atoms with E-state index < -0.39 is 0 Å². The summed E-state index contributed by atoms with van der Waals surface area (Å²) < 4.78 is 0. The van der Waals surface area contributed by atoms with Crippen LogP contribution in [0.5, 0.6) is 0 Å². The van der Waals surface area contributed by atoms with Crippen molar-refractivity contribution in [2.24, 2.45) is 11.8 Å². The number of amides is 3. The Morgan fingerprint density at radius 3 is 2.42 bits per heavy atom. The molecule has 0 spiro atoms. The number of hydrogen-bond donors (Lipinski definition) is 1. The highest BCUT2D eigenvalue weighted by molar-refractivity contribution is 5.92. The summed E-state index contributed by atoms with van der Waals surface area (Å²) in [6.07, 6.45) is 1.45. The number of hydrogen-bond acceptors (Lipinski definition) is 3. The topological polar surface area (TPSA) is 69.7 Å². The molecule has 0 radical (unpaired) electrons. The highest BCUT2D eigenvalue weighted by atomic mass is 16.2. The van der Waals surface area contributed by atoms with Crippen LogP contribution in [0.15, 0.2) is 24.3 Å². The van der Waals surface area contributed by atoms with Gasteiger partial charge in [-0.15, -0.1) is 0 Å². The fourth-order valence-electron chi connectivity index (χ4n) is 3.07. The molecule has 1 heterocycles. The number of carbonyl (C=O) groups excluding carboxylic acids is 3. The predicted molar refractivity (Wildman–Crippen MR) is 88.8 cm³/mol. The van der Waals surface area contributed by atoms with Crippen LogP contribution >= 0.6 is 0 Å². The average molecular weight is 329 g/mol. The lowest BCUT2D eigenvalue weighted by Crippen LogP contribution is -2.48. The number of benzene rings is 1. The summed E-state index contributed by atoms with van der Waals surface area (Å²) in [6.45, 7) is 4.79. The van der Waals surface area contributed by atoms with Crippen LogP contribution in [0.2, 0.25) is 0 Å². The molecule has 3 amide bonds. The van der Waals surface area contributed by atoms with Crippen LogP contribution in [0, 0.1) is 18.8 Å². The van der Waals surface area contributed by atoms with Crippen molar-refractivity contribution in [3.63, 3.8) is 0 Å². The van der Waals surface area contributed by atoms with E-state index in [1.54, 1.807) is 9.80 Å². The minimum atomic E-state index is -0.202. The van der Waals surface area contributed by atoms with E-state index in [-0.39, 0.29) is 23.7 Å². The molecular weight excluding hydrogens is 306 g/mol. The summed E-state index contributed by atoms with van der Waals surface area (Å²) in [4.78, 5) is 38.8. The minimum Gasteiger partial charge on any atom is -0.352 e. The van der Waals surface area contributed by atoms with Gasteiger partial charge in [0.15, 0.2) is 0 Å². The summed E-state index contributed by atoms with van der Waals surface area (Å²) in [7, 11) is 0. The molecule has 1 N–H and O–H groups in total. The Kier molecular flexibility index (Phi) is 4.83. The highest BCUT2D eigenvalue weighted by Crippen LogP contribution is 2.40. The van der Waals surface area contributed by atoms with Gasteiger partial charge in [0, 0.05) is 32.7 Å². The molecule has 6 heteroatoms. The van der Waals surface area contributed by atoms with Crippen LogP contribution in [0.4, 0.5) is 0 Å². The van der Waals surface area contributed by atoms with Gasteiger partial charge in [-0.05, 0) is 18.9 Å². The van der Waals surface area contributed by atoms with Gasteiger partial charge in [-0.1, -0.05) is 29.8 Å². The Labute approximate surface area is 141 Å². The Hall–Kier alpha value is -2.37. The lowest BCUT2D eigenvalue weighted by molar-refractivity contribution is -0.137. The van der Waals surface area contributed by atoms with E-state index in [0.717, 1.165) is 12.0 Å². The number of nitrogens with zero attached hydrogens (tertiary/aromatic N) is 2. The molecule has 0 aromatic heterocycles. The lowest BCUT2D eigenvalue weighted by atomic mass is 10.1. The van der Waals surface area contributed by atoms with Crippen molar-refractivity contribution < 1.29 is 14.4 Å². The van der Waals surface area contributed by atoms with Crippen LogP contribution in [-0.4, -0.2) is 54.2 Å². The molecule has 1 aliphatic heterocycles. The molecule has 1 aliphatic carbocycles. The summed E-state index contributed by atoms with van der Waals surface area (Å²) >= 11 is 0. The fourth-order valence-corrected chi connectivity index (χ4v) is 3.07. The highest BCUT2D eigenvalue weighted by Gasteiger charge is 2.49. The zero-order chi connectivity index (χ0) is 17.1. The molecule has 3 rings (SSSR count). The Morgan fingerprint density at radius 1 is 1.12 bits per heavy atom.